The van der Waals surface area contributed by atoms with Gasteiger partial charge in [0.25, 0.3) is 0 Å². The molecule has 24 heavy (non-hydrogen) atoms. The van der Waals surface area contributed by atoms with E-state index in [1.165, 1.54) is 0 Å². The van der Waals surface area contributed by atoms with Gasteiger partial charge in [0, 0.05) is 38.2 Å². The third kappa shape index (κ3) is 2.65. The summed E-state index contributed by atoms with van der Waals surface area (Å²) in [7, 11) is 3.93. The van der Waals surface area contributed by atoms with Crippen LogP contribution < -0.4 is 10.6 Å². The minimum Gasteiger partial charge on any atom is -0.444 e. The van der Waals surface area contributed by atoms with Gasteiger partial charge in [-0.2, -0.15) is 5.26 Å². The first kappa shape index (κ1) is 16.1. The summed E-state index contributed by atoms with van der Waals surface area (Å²) >= 11 is 0. The van der Waals surface area contributed by atoms with E-state index in [1.807, 2.05) is 50.2 Å². The van der Waals surface area contributed by atoms with E-state index in [1.54, 1.807) is 0 Å². The first-order chi connectivity index (χ1) is 11.4. The summed E-state index contributed by atoms with van der Waals surface area (Å²) in [6.45, 7) is 2.02. The number of ether oxygens (including phenoxy) is 1. The fourth-order valence-corrected chi connectivity index (χ4v) is 3.39. The molecule has 0 saturated carbocycles. The van der Waals surface area contributed by atoms with Crippen molar-refractivity contribution in [1.82, 2.24) is 0 Å². The molecular formula is C19H21N3O2. The van der Waals surface area contributed by atoms with Crippen molar-refractivity contribution in [2.45, 2.75) is 25.7 Å². The monoisotopic (exact) mass is 323 g/mol. The van der Waals surface area contributed by atoms with E-state index >= 15 is 0 Å². The SMILES string of the molecule is C[C@@H]1CC(=O)C2=C(C1)OC(N)=C(C#N)[C@@H]2c1ccc(N(C)C)cc1. The number of nitriles is 1. The second-order valence-corrected chi connectivity index (χ2v) is 6.68. The summed E-state index contributed by atoms with van der Waals surface area (Å²) in [5.74, 6) is 0.571. The second kappa shape index (κ2) is 6.04. The highest BCUT2D eigenvalue weighted by atomic mass is 16.5. The first-order valence-electron chi connectivity index (χ1n) is 8.03. The summed E-state index contributed by atoms with van der Waals surface area (Å²) in [5, 5.41) is 9.55. The quantitative estimate of drug-likeness (QED) is 0.905. The summed E-state index contributed by atoms with van der Waals surface area (Å²) < 4.78 is 5.63. The van der Waals surface area contributed by atoms with Crippen molar-refractivity contribution in [3.8, 4) is 6.07 Å². The number of rotatable bonds is 2. The minimum atomic E-state index is -0.435. The molecule has 0 aromatic heterocycles. The highest BCUT2D eigenvalue weighted by Crippen LogP contribution is 2.44. The van der Waals surface area contributed by atoms with Gasteiger partial charge in [-0.3, -0.25) is 4.79 Å². The maximum atomic E-state index is 12.6. The van der Waals surface area contributed by atoms with Gasteiger partial charge < -0.3 is 15.4 Å². The molecule has 2 N–H and O–H groups in total. The number of anilines is 1. The topological polar surface area (TPSA) is 79.3 Å². The fraction of sp³-hybridized carbons (Fsp3) is 0.368. The van der Waals surface area contributed by atoms with E-state index < -0.39 is 5.92 Å². The number of ketones is 1. The molecule has 3 rings (SSSR count). The van der Waals surface area contributed by atoms with Crippen molar-refractivity contribution in [2.75, 3.05) is 19.0 Å². The molecule has 0 spiro atoms. The molecule has 0 bridgehead atoms. The Bertz CT molecular complexity index is 782. The van der Waals surface area contributed by atoms with Crippen LogP contribution in [0.4, 0.5) is 5.69 Å². The standard InChI is InChI=1S/C19H21N3O2/c1-11-8-15(23)18-16(9-11)24-19(21)14(10-20)17(18)12-4-6-13(7-5-12)22(2)3/h4-7,11,17H,8-9,21H2,1-3H3/t11-,17+/m1/s1. The molecule has 2 aliphatic rings. The van der Waals surface area contributed by atoms with Crippen molar-refractivity contribution < 1.29 is 9.53 Å². The molecule has 1 aromatic carbocycles. The summed E-state index contributed by atoms with van der Waals surface area (Å²) in [4.78, 5) is 14.6. The van der Waals surface area contributed by atoms with Gasteiger partial charge in [0.1, 0.15) is 17.4 Å². The number of carbonyl (C=O) groups is 1. The van der Waals surface area contributed by atoms with Gasteiger partial charge in [0.05, 0.1) is 5.92 Å². The van der Waals surface area contributed by atoms with Crippen molar-refractivity contribution in [1.29, 1.82) is 5.26 Å². The maximum Gasteiger partial charge on any atom is 0.205 e. The number of benzene rings is 1. The van der Waals surface area contributed by atoms with E-state index in [2.05, 4.69) is 6.07 Å². The summed E-state index contributed by atoms with van der Waals surface area (Å²) in [6, 6.07) is 9.99. The summed E-state index contributed by atoms with van der Waals surface area (Å²) in [5.41, 5.74) is 8.82. The molecule has 0 saturated heterocycles. The van der Waals surface area contributed by atoms with Crippen LogP contribution in [0, 0.1) is 17.2 Å². The lowest BCUT2D eigenvalue weighted by atomic mass is 9.75. The number of carbonyl (C=O) groups excluding carboxylic acids is 1. The van der Waals surface area contributed by atoms with Gasteiger partial charge >= 0.3 is 0 Å². The Morgan fingerprint density at radius 3 is 2.50 bits per heavy atom. The van der Waals surface area contributed by atoms with E-state index in [-0.39, 0.29) is 17.6 Å². The number of Topliss-reactive ketones (excluding diaryl/α,β-unsaturated/α-hetero) is 1. The van der Waals surface area contributed by atoms with Gasteiger partial charge in [0.15, 0.2) is 5.78 Å². The average molecular weight is 323 g/mol. The fourth-order valence-electron chi connectivity index (χ4n) is 3.39. The third-order valence-electron chi connectivity index (χ3n) is 4.61. The molecule has 1 aliphatic carbocycles. The smallest absolute Gasteiger partial charge is 0.205 e. The van der Waals surface area contributed by atoms with Crippen molar-refractivity contribution in [3.63, 3.8) is 0 Å². The number of hydrogen-bond donors (Lipinski definition) is 1. The van der Waals surface area contributed by atoms with Crippen LogP contribution in [-0.4, -0.2) is 19.9 Å². The Morgan fingerprint density at radius 1 is 1.25 bits per heavy atom. The van der Waals surface area contributed by atoms with E-state index in [9.17, 15) is 10.1 Å². The van der Waals surface area contributed by atoms with Crippen molar-refractivity contribution >= 4 is 11.5 Å². The number of nitrogens with zero attached hydrogens (tertiary/aromatic N) is 2. The van der Waals surface area contributed by atoms with E-state index in [4.69, 9.17) is 10.5 Å². The Labute approximate surface area is 142 Å². The maximum absolute atomic E-state index is 12.6. The molecule has 5 heteroatoms. The zero-order chi connectivity index (χ0) is 17.4. The first-order valence-corrected chi connectivity index (χ1v) is 8.03. The van der Waals surface area contributed by atoms with Crippen LogP contribution in [0.5, 0.6) is 0 Å². The molecule has 5 nitrogen and oxygen atoms in total. The van der Waals surface area contributed by atoms with Crippen LogP contribution in [0.1, 0.15) is 31.2 Å². The van der Waals surface area contributed by atoms with Crippen LogP contribution in [0.3, 0.4) is 0 Å². The number of allylic oxidation sites excluding steroid dienone is 3. The molecule has 2 atom stereocenters. The van der Waals surface area contributed by atoms with Gasteiger partial charge in [0.2, 0.25) is 5.88 Å². The molecule has 0 radical (unpaired) electrons. The molecule has 1 heterocycles. The molecule has 0 amide bonds. The Balaban J connectivity index is 2.11. The highest BCUT2D eigenvalue weighted by molar-refractivity contribution is 5.99. The Kier molecular flexibility index (Phi) is 4.06. The lowest BCUT2D eigenvalue weighted by molar-refractivity contribution is -0.117. The lowest BCUT2D eigenvalue weighted by Crippen LogP contribution is -2.29. The summed E-state index contributed by atoms with van der Waals surface area (Å²) in [6.07, 6.45) is 1.15. The van der Waals surface area contributed by atoms with Crippen LogP contribution >= 0.6 is 0 Å². The van der Waals surface area contributed by atoms with Gasteiger partial charge in [-0.15, -0.1) is 0 Å². The van der Waals surface area contributed by atoms with E-state index in [0.717, 1.165) is 11.3 Å². The molecule has 0 fully saturated rings. The minimum absolute atomic E-state index is 0.0469. The Morgan fingerprint density at radius 2 is 1.92 bits per heavy atom. The van der Waals surface area contributed by atoms with Crippen molar-refractivity contribution in [2.24, 2.45) is 11.7 Å². The average Bonchev–Trinajstić information content (AvgIpc) is 2.53. The normalized spacial score (nSPS) is 23.5. The van der Waals surface area contributed by atoms with Gasteiger partial charge in [-0.1, -0.05) is 19.1 Å². The lowest BCUT2D eigenvalue weighted by Gasteiger charge is -2.33. The van der Waals surface area contributed by atoms with Crippen LogP contribution in [-0.2, 0) is 9.53 Å². The Hall–Kier alpha value is -2.74. The van der Waals surface area contributed by atoms with Gasteiger partial charge in [-0.05, 0) is 23.6 Å². The molecule has 1 aromatic rings. The third-order valence-corrected chi connectivity index (χ3v) is 4.61. The zero-order valence-electron chi connectivity index (χ0n) is 14.2. The van der Waals surface area contributed by atoms with Gasteiger partial charge in [-0.25, -0.2) is 0 Å². The van der Waals surface area contributed by atoms with Crippen LogP contribution in [0.15, 0.2) is 47.1 Å². The predicted octanol–water partition coefficient (Wildman–Crippen LogP) is 2.81. The van der Waals surface area contributed by atoms with Crippen molar-refractivity contribution in [3.05, 3.63) is 52.6 Å². The van der Waals surface area contributed by atoms with Crippen LogP contribution in [0.25, 0.3) is 0 Å². The van der Waals surface area contributed by atoms with Crippen LogP contribution in [0.2, 0.25) is 0 Å². The highest BCUT2D eigenvalue weighted by Gasteiger charge is 2.39. The van der Waals surface area contributed by atoms with E-state index in [0.29, 0.717) is 29.7 Å². The zero-order valence-corrected chi connectivity index (χ0v) is 14.2. The number of nitrogens with two attached hydrogens (primary N) is 1. The largest absolute Gasteiger partial charge is 0.444 e. The number of hydrogen-bond acceptors (Lipinski definition) is 5. The second-order valence-electron chi connectivity index (χ2n) is 6.68. The predicted molar refractivity (Wildman–Crippen MR) is 91.9 cm³/mol. The molecule has 124 valence electrons. The molecule has 0 unspecified atom stereocenters. The molecular weight excluding hydrogens is 302 g/mol. The molecule has 1 aliphatic heterocycles.